The van der Waals surface area contributed by atoms with Crippen molar-refractivity contribution in [3.05, 3.63) is 145 Å². The highest BCUT2D eigenvalue weighted by Gasteiger charge is 2.19. The Bertz CT molecular complexity index is 3340. The first-order chi connectivity index (χ1) is 27.0. The minimum absolute atomic E-state index is 0.00434. The van der Waals surface area contributed by atoms with Crippen LogP contribution in [0, 0.1) is 0 Å². The van der Waals surface area contributed by atoms with Crippen molar-refractivity contribution >= 4 is 65.0 Å². The second kappa shape index (κ2) is 8.55. The maximum absolute atomic E-state index is 9.43. The smallest absolute Gasteiger partial charge is 0.143 e. The van der Waals surface area contributed by atoms with Crippen molar-refractivity contribution in [3.63, 3.8) is 0 Å². The lowest BCUT2D eigenvalue weighted by atomic mass is 9.88. The van der Waals surface area contributed by atoms with Crippen LogP contribution in [0.4, 0.5) is 0 Å². The van der Waals surface area contributed by atoms with Gasteiger partial charge in [0, 0.05) is 16.2 Å². The minimum atomic E-state index is -0.639. The van der Waals surface area contributed by atoms with Crippen molar-refractivity contribution in [2.24, 2.45) is 0 Å². The van der Waals surface area contributed by atoms with Crippen LogP contribution >= 0.6 is 0 Å². The van der Waals surface area contributed by atoms with Gasteiger partial charge < -0.3 is 4.42 Å². The van der Waals surface area contributed by atoms with Gasteiger partial charge in [-0.15, -0.1) is 0 Å². The van der Waals surface area contributed by atoms with E-state index in [1.54, 1.807) is 48.5 Å². The van der Waals surface area contributed by atoms with Crippen molar-refractivity contribution in [1.29, 1.82) is 0 Å². The lowest BCUT2D eigenvalue weighted by Crippen LogP contribution is -1.88. The molecule has 0 spiro atoms. The molecular formula is C40H24O. The van der Waals surface area contributed by atoms with Gasteiger partial charge in [0.15, 0.2) is 0 Å². The zero-order valence-electron chi connectivity index (χ0n) is 37.0. The van der Waals surface area contributed by atoms with Crippen LogP contribution in [0.2, 0.25) is 0 Å². The molecule has 0 unspecified atom stereocenters. The predicted molar refractivity (Wildman–Crippen MR) is 175 cm³/mol. The van der Waals surface area contributed by atoms with E-state index in [0.29, 0.717) is 43.8 Å². The summed E-state index contributed by atoms with van der Waals surface area (Å²) in [5.74, 6) is 0. The van der Waals surface area contributed by atoms with Crippen LogP contribution in [0.1, 0.15) is 21.9 Å². The summed E-state index contributed by atoms with van der Waals surface area (Å²) in [6.07, 6.45) is 0. The molecule has 0 bridgehead atoms. The molecule has 1 heteroatoms. The third-order valence-corrected chi connectivity index (χ3v) is 7.50. The second-order valence-electron chi connectivity index (χ2n) is 9.62. The Hall–Kier alpha value is -5.40. The van der Waals surface area contributed by atoms with Crippen LogP contribution in [-0.4, -0.2) is 0 Å². The fraction of sp³-hybridized carbons (Fsp3) is 0. The van der Waals surface area contributed by atoms with E-state index >= 15 is 0 Å². The number of hydrogen-bond acceptors (Lipinski definition) is 1. The van der Waals surface area contributed by atoms with E-state index in [-0.39, 0.29) is 55.5 Å². The Labute approximate surface area is 259 Å². The first-order valence-electron chi connectivity index (χ1n) is 20.8. The van der Waals surface area contributed by atoms with Gasteiger partial charge in [-0.1, -0.05) is 127 Å². The van der Waals surface area contributed by atoms with Gasteiger partial charge in [-0.05, 0) is 78.1 Å². The number of benzene rings is 8. The van der Waals surface area contributed by atoms with Gasteiger partial charge in [-0.2, -0.15) is 0 Å². The van der Waals surface area contributed by atoms with Crippen LogP contribution in [-0.2, 0) is 0 Å². The monoisotopic (exact) mass is 536 g/mol. The largest absolute Gasteiger partial charge is 0.455 e. The Kier molecular flexibility index (Phi) is 2.50. The molecule has 0 radical (unpaired) electrons. The molecule has 1 heterocycles. The number of rotatable bonds is 2. The molecule has 0 N–H and O–H groups in total. The van der Waals surface area contributed by atoms with Gasteiger partial charge in [0.05, 0.1) is 21.9 Å². The van der Waals surface area contributed by atoms with Crippen LogP contribution in [0.15, 0.2) is 150 Å². The molecule has 190 valence electrons. The van der Waals surface area contributed by atoms with Crippen molar-refractivity contribution < 1.29 is 26.3 Å². The molecule has 1 aromatic heterocycles. The fourth-order valence-corrected chi connectivity index (χ4v) is 5.78. The number of furan rings is 1. The Morgan fingerprint density at radius 2 is 1.20 bits per heavy atom. The van der Waals surface area contributed by atoms with Gasteiger partial charge in [0.1, 0.15) is 11.2 Å². The van der Waals surface area contributed by atoms with E-state index < -0.39 is 84.6 Å². The fourth-order valence-electron chi connectivity index (χ4n) is 5.78. The van der Waals surface area contributed by atoms with E-state index in [4.69, 9.17) is 23.6 Å². The molecular weight excluding hydrogens is 496 g/mol. The number of hydrogen-bond donors (Lipinski definition) is 0. The summed E-state index contributed by atoms with van der Waals surface area (Å²) in [4.78, 5) is 0. The molecule has 0 atom stereocenters. The molecule has 8 aromatic carbocycles. The lowest BCUT2D eigenvalue weighted by Gasteiger charge is -2.15. The molecule has 9 rings (SSSR count). The molecule has 0 fully saturated rings. The molecule has 0 amide bonds. The van der Waals surface area contributed by atoms with Crippen molar-refractivity contribution in [3.8, 4) is 22.3 Å². The topological polar surface area (TPSA) is 13.1 Å². The molecule has 9 aromatic rings. The van der Waals surface area contributed by atoms with E-state index in [2.05, 4.69) is 0 Å². The maximum atomic E-state index is 9.43. The Morgan fingerprint density at radius 1 is 0.463 bits per heavy atom. The predicted octanol–water partition coefficient (Wildman–Crippen LogP) is 11.5. The van der Waals surface area contributed by atoms with Gasteiger partial charge in [0.2, 0.25) is 0 Å². The average molecular weight is 537 g/mol. The molecule has 0 saturated carbocycles. The summed E-state index contributed by atoms with van der Waals surface area (Å²) in [7, 11) is 0. The van der Waals surface area contributed by atoms with Crippen LogP contribution in [0.5, 0.6) is 0 Å². The quantitative estimate of drug-likeness (QED) is 0.158. The van der Waals surface area contributed by atoms with Crippen LogP contribution in [0.3, 0.4) is 0 Å². The van der Waals surface area contributed by atoms with Crippen molar-refractivity contribution in [2.75, 3.05) is 0 Å². The van der Waals surface area contributed by atoms with Crippen LogP contribution < -0.4 is 0 Å². The van der Waals surface area contributed by atoms with E-state index in [1.807, 2.05) is 0 Å². The van der Waals surface area contributed by atoms with Crippen molar-refractivity contribution in [1.82, 2.24) is 0 Å². The van der Waals surface area contributed by atoms with Gasteiger partial charge in [-0.25, -0.2) is 0 Å². The highest BCUT2D eigenvalue weighted by atomic mass is 16.3. The Balaban J connectivity index is 1.50. The summed E-state index contributed by atoms with van der Waals surface area (Å²) >= 11 is 0. The van der Waals surface area contributed by atoms with E-state index in [9.17, 15) is 2.74 Å². The molecule has 41 heavy (non-hydrogen) atoms. The summed E-state index contributed by atoms with van der Waals surface area (Å²) in [5.41, 5.74) is 1.34. The van der Waals surface area contributed by atoms with Gasteiger partial charge in [-0.3, -0.25) is 0 Å². The van der Waals surface area contributed by atoms with Crippen molar-refractivity contribution in [2.45, 2.75) is 0 Å². The first kappa shape index (κ1) is 12.0. The summed E-state index contributed by atoms with van der Waals surface area (Å²) < 4.78 is 146. The molecule has 0 aliphatic rings. The highest BCUT2D eigenvalue weighted by molar-refractivity contribution is 6.26. The lowest BCUT2D eigenvalue weighted by molar-refractivity contribution is 0.673. The summed E-state index contributed by atoms with van der Waals surface area (Å²) in [6, 6.07) is 4.91. The second-order valence-corrected chi connectivity index (χ2v) is 9.62. The van der Waals surface area contributed by atoms with Gasteiger partial charge >= 0.3 is 0 Å². The Morgan fingerprint density at radius 3 is 2.10 bits per heavy atom. The van der Waals surface area contributed by atoms with E-state index in [0.717, 1.165) is 0 Å². The number of fused-ring (bicyclic) bond motifs is 9. The normalized spacial score (nSPS) is 17.4. The standard InChI is InChI=1S/C40H24O/c1-2-10-25(11-3-1)28-16-8-17-33-31(28)22-23-35-39-34(18-9-19-37(39)41-40(33)35)38-30-15-7-5-13-27(30)24-36-29-14-6-4-12-26(29)20-21-32(36)38/h1-24H/i1D,2D,3D,4D,5D,6D,7D,10D,11D,12D,13D,14D,15D,20D,21D,24D. The van der Waals surface area contributed by atoms with Gasteiger partial charge in [0.25, 0.3) is 0 Å². The third-order valence-electron chi connectivity index (χ3n) is 7.50. The minimum Gasteiger partial charge on any atom is -0.455 e. The zero-order valence-corrected chi connectivity index (χ0v) is 21.0. The molecule has 1 nitrogen and oxygen atoms in total. The summed E-state index contributed by atoms with van der Waals surface area (Å²) in [5, 5.41) is 0.773. The zero-order chi connectivity index (χ0) is 40.8. The molecule has 0 aliphatic heterocycles. The first-order valence-corrected chi connectivity index (χ1v) is 12.8. The van der Waals surface area contributed by atoms with Crippen LogP contribution in [0.25, 0.3) is 87.3 Å². The SMILES string of the molecule is [2H]c1c([2H])c([2H])c(-c2cccc3c2ccc2c3oc3cccc(-c4c5c([2H])c([2H])c([2H])c([2H])c5c([2H])c5c4c([2H])c([2H])c4c([2H])c([2H])c([2H])c([2H])c45)c32)c([2H])c1[2H]. The third kappa shape index (κ3) is 3.24. The molecule has 0 saturated heterocycles. The maximum Gasteiger partial charge on any atom is 0.143 e. The van der Waals surface area contributed by atoms with E-state index in [1.165, 1.54) is 0 Å². The highest BCUT2D eigenvalue weighted by Crippen LogP contribution is 2.45. The average Bonchev–Trinajstić information content (AvgIpc) is 3.60. The molecule has 0 aliphatic carbocycles. The summed E-state index contributed by atoms with van der Waals surface area (Å²) in [6.45, 7) is 0.